The number of nitrogens with zero attached hydrogens (tertiary/aromatic N) is 1. The Morgan fingerprint density at radius 1 is 1.38 bits per heavy atom. The molecular formula is C16H18ClF3N2O4. The molecule has 0 aromatic heterocycles. The van der Waals surface area contributed by atoms with Crippen molar-refractivity contribution in [1.82, 2.24) is 4.90 Å². The van der Waals surface area contributed by atoms with Gasteiger partial charge in [0.2, 0.25) is 5.91 Å². The quantitative estimate of drug-likeness (QED) is 0.775. The van der Waals surface area contributed by atoms with Gasteiger partial charge in [-0.25, -0.2) is 0 Å². The molecule has 2 N–H and O–H groups in total. The van der Waals surface area contributed by atoms with Gasteiger partial charge in [0.25, 0.3) is 0 Å². The van der Waals surface area contributed by atoms with E-state index in [-0.39, 0.29) is 19.5 Å². The lowest BCUT2D eigenvalue weighted by atomic mass is 9.96. The first-order valence-corrected chi connectivity index (χ1v) is 8.15. The van der Waals surface area contributed by atoms with Gasteiger partial charge in [-0.15, -0.1) is 0 Å². The van der Waals surface area contributed by atoms with Gasteiger partial charge < -0.3 is 20.1 Å². The second-order valence-corrected chi connectivity index (χ2v) is 6.43. The van der Waals surface area contributed by atoms with Crippen LogP contribution in [0.2, 0.25) is 5.02 Å². The third-order valence-corrected chi connectivity index (χ3v) is 4.46. The highest BCUT2D eigenvalue weighted by Gasteiger charge is 2.52. The highest BCUT2D eigenvalue weighted by molar-refractivity contribution is 6.31. The van der Waals surface area contributed by atoms with Gasteiger partial charge in [0, 0.05) is 31.1 Å². The summed E-state index contributed by atoms with van der Waals surface area (Å²) in [5.41, 5.74) is 0.350. The molecule has 0 bridgehead atoms. The molecule has 1 fully saturated rings. The molecule has 2 atom stereocenters. The predicted molar refractivity (Wildman–Crippen MR) is 88.4 cm³/mol. The molecule has 144 valence electrons. The van der Waals surface area contributed by atoms with Crippen LogP contribution in [-0.4, -0.2) is 54.8 Å². The van der Waals surface area contributed by atoms with E-state index in [4.69, 9.17) is 21.4 Å². The maximum atomic E-state index is 13.0. The zero-order valence-corrected chi connectivity index (χ0v) is 14.6. The number of hydrogen-bond acceptors (Lipinski definition) is 4. The fourth-order valence-corrected chi connectivity index (χ4v) is 3.07. The number of likely N-dealkylation sites (tertiary alicyclic amines) is 1. The number of amides is 1. The van der Waals surface area contributed by atoms with Crippen LogP contribution in [0.5, 0.6) is 5.75 Å². The van der Waals surface area contributed by atoms with E-state index in [0.717, 1.165) is 0 Å². The summed E-state index contributed by atoms with van der Waals surface area (Å²) in [6.45, 7) is -0.660. The summed E-state index contributed by atoms with van der Waals surface area (Å²) >= 11 is 5.87. The summed E-state index contributed by atoms with van der Waals surface area (Å²) in [6, 6.07) is 4.65. The van der Waals surface area contributed by atoms with E-state index in [9.17, 15) is 22.8 Å². The number of ether oxygens (including phenoxy) is 1. The van der Waals surface area contributed by atoms with Crippen LogP contribution in [0.1, 0.15) is 6.42 Å². The molecule has 2 rings (SSSR count). The fourth-order valence-electron chi connectivity index (χ4n) is 2.90. The summed E-state index contributed by atoms with van der Waals surface area (Å²) in [4.78, 5) is 24.5. The molecule has 1 saturated heterocycles. The van der Waals surface area contributed by atoms with Crippen LogP contribution in [0.4, 0.5) is 18.9 Å². The van der Waals surface area contributed by atoms with E-state index in [1.54, 1.807) is 12.1 Å². The number of rotatable bonds is 6. The molecule has 1 aliphatic rings. The van der Waals surface area contributed by atoms with E-state index in [0.29, 0.717) is 16.5 Å². The number of carbonyl (C=O) groups is 2. The van der Waals surface area contributed by atoms with Gasteiger partial charge in [-0.05, 0) is 18.2 Å². The SMILES string of the molecule is COc1ccc(Cl)cc1NC(=O)CCN1C[C@@H](C(F)(F)F)[C@H](C(=O)O)C1. The monoisotopic (exact) mass is 394 g/mol. The van der Waals surface area contributed by atoms with Gasteiger partial charge in [-0.2, -0.15) is 13.2 Å². The minimum absolute atomic E-state index is 0.0189. The first-order valence-electron chi connectivity index (χ1n) is 7.77. The molecule has 0 spiro atoms. The van der Waals surface area contributed by atoms with Crippen LogP contribution in [0.15, 0.2) is 18.2 Å². The van der Waals surface area contributed by atoms with Crippen molar-refractivity contribution in [2.24, 2.45) is 11.8 Å². The van der Waals surface area contributed by atoms with Crippen molar-refractivity contribution >= 4 is 29.2 Å². The van der Waals surface area contributed by atoms with Crippen molar-refractivity contribution < 1.29 is 32.6 Å². The second-order valence-electron chi connectivity index (χ2n) is 6.00. The number of hydrogen-bond donors (Lipinski definition) is 2. The Labute approximate surface area is 152 Å². The summed E-state index contributed by atoms with van der Waals surface area (Å²) in [5, 5.41) is 12.0. The van der Waals surface area contributed by atoms with E-state index >= 15 is 0 Å². The Morgan fingerprint density at radius 2 is 2.08 bits per heavy atom. The molecule has 0 aliphatic carbocycles. The molecule has 1 aromatic carbocycles. The number of methoxy groups -OCH3 is 1. The topological polar surface area (TPSA) is 78.9 Å². The summed E-state index contributed by atoms with van der Waals surface area (Å²) in [7, 11) is 1.42. The minimum Gasteiger partial charge on any atom is -0.495 e. The van der Waals surface area contributed by atoms with Gasteiger partial charge in [-0.3, -0.25) is 9.59 Å². The van der Waals surface area contributed by atoms with E-state index < -0.39 is 36.4 Å². The number of benzene rings is 1. The van der Waals surface area contributed by atoms with E-state index in [2.05, 4.69) is 5.32 Å². The third kappa shape index (κ3) is 5.01. The number of carboxylic acids is 1. The molecule has 26 heavy (non-hydrogen) atoms. The number of anilines is 1. The maximum absolute atomic E-state index is 13.0. The Balaban J connectivity index is 1.94. The van der Waals surface area contributed by atoms with Crippen LogP contribution >= 0.6 is 11.6 Å². The Kier molecular flexibility index (Phi) is 6.35. The maximum Gasteiger partial charge on any atom is 0.393 e. The second kappa shape index (κ2) is 8.13. The van der Waals surface area contributed by atoms with Gasteiger partial charge in [-0.1, -0.05) is 11.6 Å². The van der Waals surface area contributed by atoms with Crippen molar-refractivity contribution in [3.8, 4) is 5.75 Å². The summed E-state index contributed by atoms with van der Waals surface area (Å²) in [6.07, 6.45) is -4.68. The Bertz CT molecular complexity index is 684. The molecule has 1 heterocycles. The summed E-state index contributed by atoms with van der Waals surface area (Å²) in [5.74, 6) is -4.98. The molecule has 10 heteroatoms. The normalized spacial score (nSPS) is 20.8. The van der Waals surface area contributed by atoms with Crippen molar-refractivity contribution in [1.29, 1.82) is 0 Å². The lowest BCUT2D eigenvalue weighted by molar-refractivity contribution is -0.188. The first-order chi connectivity index (χ1) is 12.1. The first kappa shape index (κ1) is 20.3. The molecule has 6 nitrogen and oxygen atoms in total. The van der Waals surface area contributed by atoms with Crippen LogP contribution in [0, 0.1) is 11.8 Å². The molecule has 1 amide bonds. The number of nitrogens with one attached hydrogen (secondary N) is 1. The van der Waals surface area contributed by atoms with Gasteiger partial charge >= 0.3 is 12.1 Å². The number of carboxylic acid groups (broad SMARTS) is 1. The Morgan fingerprint density at radius 3 is 2.62 bits per heavy atom. The van der Waals surface area contributed by atoms with Crippen LogP contribution in [0.25, 0.3) is 0 Å². The van der Waals surface area contributed by atoms with Crippen molar-refractivity contribution in [3.05, 3.63) is 23.2 Å². The predicted octanol–water partition coefficient (Wildman–Crippen LogP) is 2.87. The van der Waals surface area contributed by atoms with Crippen LogP contribution < -0.4 is 10.1 Å². The van der Waals surface area contributed by atoms with Crippen LogP contribution in [0.3, 0.4) is 0 Å². The van der Waals surface area contributed by atoms with Gasteiger partial charge in [0.15, 0.2) is 0 Å². The highest BCUT2D eigenvalue weighted by atomic mass is 35.5. The minimum atomic E-state index is -4.59. The van der Waals surface area contributed by atoms with E-state index in [1.807, 2.05) is 0 Å². The molecular weight excluding hydrogens is 377 g/mol. The molecule has 1 aromatic rings. The molecule has 0 radical (unpaired) electrons. The lowest BCUT2D eigenvalue weighted by Crippen LogP contribution is -2.33. The zero-order chi connectivity index (χ0) is 19.5. The average Bonchev–Trinajstić information content (AvgIpc) is 2.98. The molecule has 1 aliphatic heterocycles. The molecule has 0 saturated carbocycles. The number of alkyl halides is 3. The standard InChI is InChI=1S/C16H18ClF3N2O4/c1-26-13-3-2-9(17)6-12(13)21-14(23)4-5-22-7-10(15(24)25)11(8-22)16(18,19)20/h2-3,6,10-11H,4-5,7-8H2,1H3,(H,21,23)(H,24,25)/t10-,11-/m1/s1. The van der Waals surface area contributed by atoms with Crippen molar-refractivity contribution in [3.63, 3.8) is 0 Å². The molecule has 0 unspecified atom stereocenters. The fraction of sp³-hybridized carbons (Fsp3) is 0.500. The smallest absolute Gasteiger partial charge is 0.393 e. The Hall–Kier alpha value is -2.00. The van der Waals surface area contributed by atoms with E-state index in [1.165, 1.54) is 18.1 Å². The number of carbonyl (C=O) groups excluding carboxylic acids is 1. The summed E-state index contributed by atoms with van der Waals surface area (Å²) < 4.78 is 44.0. The number of halogens is 4. The van der Waals surface area contributed by atoms with Crippen LogP contribution in [-0.2, 0) is 9.59 Å². The van der Waals surface area contributed by atoms with Gasteiger partial charge in [0.1, 0.15) is 5.75 Å². The van der Waals surface area contributed by atoms with Gasteiger partial charge in [0.05, 0.1) is 24.6 Å². The highest BCUT2D eigenvalue weighted by Crippen LogP contribution is 2.37. The average molecular weight is 395 g/mol. The number of aliphatic carboxylic acids is 1. The lowest BCUT2D eigenvalue weighted by Gasteiger charge is -2.18. The zero-order valence-electron chi connectivity index (χ0n) is 13.8. The van der Waals surface area contributed by atoms with Crippen molar-refractivity contribution in [2.45, 2.75) is 12.6 Å². The van der Waals surface area contributed by atoms with Crippen molar-refractivity contribution in [2.75, 3.05) is 32.1 Å². The largest absolute Gasteiger partial charge is 0.495 e. The third-order valence-electron chi connectivity index (χ3n) is 4.22.